The molecule has 6 heteroatoms. The van der Waals surface area contributed by atoms with Gasteiger partial charge in [0.2, 0.25) is 5.91 Å². The highest BCUT2D eigenvalue weighted by atomic mass is 16.3. The number of carbonyl (C=O) groups excluding carboxylic acids is 1. The maximum Gasteiger partial charge on any atom is 0.245 e. The van der Waals surface area contributed by atoms with Gasteiger partial charge in [0.1, 0.15) is 12.1 Å². The van der Waals surface area contributed by atoms with Crippen LogP contribution in [0, 0.1) is 0 Å². The molecule has 2 aromatic carbocycles. The maximum absolute atomic E-state index is 12.8. The summed E-state index contributed by atoms with van der Waals surface area (Å²) >= 11 is 0. The number of aliphatic hydroxyl groups is 1. The first-order valence-electron chi connectivity index (χ1n) is 8.03. The number of β-amino-alcohol motifs (C(OH)–C–C–N with tert-alkyl or cyclic N) is 1. The third-order valence-electron chi connectivity index (χ3n) is 4.49. The molecule has 2 atom stereocenters. The second kappa shape index (κ2) is 6.05. The van der Waals surface area contributed by atoms with Gasteiger partial charge in [-0.2, -0.15) is 0 Å². The topological polar surface area (TPSA) is 71.2 Å². The molecule has 24 heavy (non-hydrogen) atoms. The van der Waals surface area contributed by atoms with Crippen LogP contribution in [0.5, 0.6) is 0 Å². The molecular formula is C18H18N4O2. The van der Waals surface area contributed by atoms with Crippen LogP contribution in [0.1, 0.15) is 18.0 Å². The molecule has 1 N–H and O–H groups in total. The normalized spacial score (nSPS) is 20.6. The van der Waals surface area contributed by atoms with E-state index < -0.39 is 6.10 Å². The van der Waals surface area contributed by atoms with Gasteiger partial charge in [-0.3, -0.25) is 4.79 Å². The van der Waals surface area contributed by atoms with Crippen molar-refractivity contribution in [2.45, 2.75) is 25.1 Å². The maximum atomic E-state index is 12.8. The predicted octanol–water partition coefficient (Wildman–Crippen LogP) is 1.77. The first-order chi connectivity index (χ1) is 11.7. The predicted molar refractivity (Wildman–Crippen MR) is 89.0 cm³/mol. The van der Waals surface area contributed by atoms with Crippen molar-refractivity contribution in [1.82, 2.24) is 19.9 Å². The number of nitrogens with zero attached hydrogens (tertiary/aromatic N) is 4. The number of para-hydroxylation sites is 1. The smallest absolute Gasteiger partial charge is 0.245 e. The molecule has 0 saturated carbocycles. The lowest BCUT2D eigenvalue weighted by Gasteiger charge is -2.24. The van der Waals surface area contributed by atoms with Crippen LogP contribution in [0.4, 0.5) is 0 Å². The summed E-state index contributed by atoms with van der Waals surface area (Å²) in [5.41, 5.74) is 2.65. The SMILES string of the molecule is O=C(Cn1nnc2ccccc21)N1CC(O)CC1c1ccccc1. The van der Waals surface area contributed by atoms with E-state index in [0.29, 0.717) is 13.0 Å². The zero-order chi connectivity index (χ0) is 16.5. The number of rotatable bonds is 3. The van der Waals surface area contributed by atoms with Crippen LogP contribution < -0.4 is 0 Å². The van der Waals surface area contributed by atoms with Crippen molar-refractivity contribution in [3.63, 3.8) is 0 Å². The average molecular weight is 322 g/mol. The van der Waals surface area contributed by atoms with Gasteiger partial charge in [-0.25, -0.2) is 4.68 Å². The minimum Gasteiger partial charge on any atom is -0.391 e. The van der Waals surface area contributed by atoms with Crippen molar-refractivity contribution in [1.29, 1.82) is 0 Å². The average Bonchev–Trinajstić information content (AvgIpc) is 3.20. The molecule has 122 valence electrons. The van der Waals surface area contributed by atoms with Crippen LogP contribution in [0.25, 0.3) is 11.0 Å². The Labute approximate surface area is 139 Å². The van der Waals surface area contributed by atoms with Crippen molar-refractivity contribution in [3.8, 4) is 0 Å². The number of benzene rings is 2. The monoisotopic (exact) mass is 322 g/mol. The Morgan fingerprint density at radius 2 is 1.88 bits per heavy atom. The largest absolute Gasteiger partial charge is 0.391 e. The second-order valence-electron chi connectivity index (χ2n) is 6.10. The minimum atomic E-state index is -0.494. The van der Waals surface area contributed by atoms with Crippen molar-refractivity contribution < 1.29 is 9.90 Å². The van der Waals surface area contributed by atoms with E-state index in [9.17, 15) is 9.90 Å². The lowest BCUT2D eigenvalue weighted by molar-refractivity contribution is -0.133. The van der Waals surface area contributed by atoms with Gasteiger partial charge in [0.25, 0.3) is 0 Å². The molecular weight excluding hydrogens is 304 g/mol. The lowest BCUT2D eigenvalue weighted by atomic mass is 10.0. The molecule has 2 unspecified atom stereocenters. The first kappa shape index (κ1) is 14.8. The Morgan fingerprint density at radius 3 is 2.71 bits per heavy atom. The van der Waals surface area contributed by atoms with Crippen LogP contribution in [0.3, 0.4) is 0 Å². The number of hydrogen-bond acceptors (Lipinski definition) is 4. The van der Waals surface area contributed by atoms with Crippen LogP contribution in [-0.4, -0.2) is 43.6 Å². The Bertz CT molecular complexity index is 862. The van der Waals surface area contributed by atoms with Crippen LogP contribution in [0.15, 0.2) is 54.6 Å². The van der Waals surface area contributed by atoms with Gasteiger partial charge in [0, 0.05) is 6.54 Å². The third-order valence-corrected chi connectivity index (χ3v) is 4.49. The van der Waals surface area contributed by atoms with Gasteiger partial charge >= 0.3 is 0 Å². The summed E-state index contributed by atoms with van der Waals surface area (Å²) in [6, 6.07) is 17.3. The number of carbonyl (C=O) groups is 1. The summed E-state index contributed by atoms with van der Waals surface area (Å²) in [4.78, 5) is 14.6. The molecule has 0 radical (unpaired) electrons. The van der Waals surface area contributed by atoms with E-state index in [1.807, 2.05) is 54.6 Å². The Morgan fingerprint density at radius 1 is 1.12 bits per heavy atom. The summed E-state index contributed by atoms with van der Waals surface area (Å²) in [5.74, 6) is -0.0592. The number of fused-ring (bicyclic) bond motifs is 1. The molecule has 6 nitrogen and oxygen atoms in total. The van der Waals surface area contributed by atoms with Crippen molar-refractivity contribution in [3.05, 3.63) is 60.2 Å². The standard InChI is InChI=1S/C18H18N4O2/c23-14-10-17(13-6-2-1-3-7-13)21(11-14)18(24)12-22-16-9-5-4-8-15(16)19-20-22/h1-9,14,17,23H,10-12H2. The minimum absolute atomic E-state index is 0.0592. The van der Waals surface area contributed by atoms with Crippen molar-refractivity contribution in [2.75, 3.05) is 6.54 Å². The third kappa shape index (κ3) is 2.65. The highest BCUT2D eigenvalue weighted by Crippen LogP contribution is 2.32. The van der Waals surface area contributed by atoms with E-state index in [1.54, 1.807) is 9.58 Å². The summed E-state index contributed by atoms with van der Waals surface area (Å²) in [6.07, 6.45) is 0.0695. The molecule has 2 heterocycles. The molecule has 1 amide bonds. The van der Waals surface area contributed by atoms with Crippen molar-refractivity contribution in [2.24, 2.45) is 0 Å². The summed E-state index contributed by atoms with van der Waals surface area (Å²) in [7, 11) is 0. The van der Waals surface area contributed by atoms with Gasteiger partial charge in [0.15, 0.2) is 0 Å². The lowest BCUT2D eigenvalue weighted by Crippen LogP contribution is -2.34. The van der Waals surface area contributed by atoms with E-state index >= 15 is 0 Å². The summed E-state index contributed by atoms with van der Waals surface area (Å²) in [5, 5.41) is 18.2. The van der Waals surface area contributed by atoms with Crippen LogP contribution in [0.2, 0.25) is 0 Å². The van der Waals surface area contributed by atoms with Gasteiger partial charge in [-0.05, 0) is 24.1 Å². The number of aromatic nitrogens is 3. The molecule has 0 aliphatic carbocycles. The number of aliphatic hydroxyl groups excluding tert-OH is 1. The Hall–Kier alpha value is -2.73. The van der Waals surface area contributed by atoms with Crippen LogP contribution in [-0.2, 0) is 11.3 Å². The fraction of sp³-hybridized carbons (Fsp3) is 0.278. The van der Waals surface area contributed by atoms with Gasteiger partial charge < -0.3 is 10.0 Å². The molecule has 4 rings (SSSR count). The zero-order valence-corrected chi connectivity index (χ0v) is 13.1. The van der Waals surface area contributed by atoms with E-state index in [4.69, 9.17) is 0 Å². The van der Waals surface area contributed by atoms with E-state index in [2.05, 4.69) is 10.3 Å². The molecule has 0 spiro atoms. The summed E-state index contributed by atoms with van der Waals surface area (Å²) in [6.45, 7) is 0.474. The van der Waals surface area contributed by atoms with E-state index in [-0.39, 0.29) is 18.5 Å². The molecule has 1 aromatic heterocycles. The van der Waals surface area contributed by atoms with E-state index in [1.165, 1.54) is 0 Å². The Balaban J connectivity index is 1.58. The number of hydrogen-bond donors (Lipinski definition) is 1. The number of likely N-dealkylation sites (tertiary alicyclic amines) is 1. The van der Waals surface area contributed by atoms with Crippen molar-refractivity contribution >= 4 is 16.9 Å². The molecule has 0 bridgehead atoms. The fourth-order valence-electron chi connectivity index (χ4n) is 3.33. The second-order valence-corrected chi connectivity index (χ2v) is 6.10. The molecule has 1 saturated heterocycles. The zero-order valence-electron chi connectivity index (χ0n) is 13.1. The van der Waals surface area contributed by atoms with E-state index in [0.717, 1.165) is 16.6 Å². The molecule has 3 aromatic rings. The fourth-order valence-corrected chi connectivity index (χ4v) is 3.33. The number of amides is 1. The highest BCUT2D eigenvalue weighted by molar-refractivity contribution is 5.80. The molecule has 1 aliphatic heterocycles. The van der Waals surface area contributed by atoms with Gasteiger partial charge in [-0.15, -0.1) is 5.10 Å². The summed E-state index contributed by atoms with van der Waals surface area (Å²) < 4.78 is 1.62. The molecule has 1 aliphatic rings. The first-order valence-corrected chi connectivity index (χ1v) is 8.03. The Kier molecular flexibility index (Phi) is 3.74. The van der Waals surface area contributed by atoms with Gasteiger partial charge in [-0.1, -0.05) is 47.7 Å². The quantitative estimate of drug-likeness (QED) is 0.798. The van der Waals surface area contributed by atoms with Gasteiger partial charge in [0.05, 0.1) is 17.7 Å². The van der Waals surface area contributed by atoms with Crippen LogP contribution >= 0.6 is 0 Å². The highest BCUT2D eigenvalue weighted by Gasteiger charge is 2.35. The molecule has 1 fully saturated rings.